The van der Waals surface area contributed by atoms with Gasteiger partial charge in [-0.1, -0.05) is 6.07 Å². The van der Waals surface area contributed by atoms with Crippen LogP contribution in [0.15, 0.2) is 29.9 Å². The number of thiophene rings is 1. The van der Waals surface area contributed by atoms with Crippen LogP contribution in [0.2, 0.25) is 0 Å². The number of aromatic nitrogens is 3. The standard InChI is InChI=1S/C19H18N6OS/c1-2-25-10-12(9-22-25)17-13(8-20)18(21)23-15-5-6-24(11-14(15)17)19(26)16-4-3-7-27-16/h3-4,7,9-10H,2,5-6,11H2,1H3,(H2,21,23). The minimum atomic E-state index is 0.00110. The SMILES string of the molecule is CCn1cc(-c2c(C#N)c(N)nc3c2CN(C(=O)c2cccs2)CC3)cn1. The molecular formula is C19H18N6OS. The minimum absolute atomic E-state index is 0.00110. The first-order chi connectivity index (χ1) is 13.1. The first-order valence-corrected chi connectivity index (χ1v) is 9.57. The van der Waals surface area contributed by atoms with Gasteiger partial charge in [0.15, 0.2) is 0 Å². The largest absolute Gasteiger partial charge is 0.383 e. The van der Waals surface area contributed by atoms with Crippen LogP contribution in [0.3, 0.4) is 0 Å². The Morgan fingerprint density at radius 3 is 3.00 bits per heavy atom. The van der Waals surface area contributed by atoms with Crippen molar-refractivity contribution < 1.29 is 4.79 Å². The van der Waals surface area contributed by atoms with E-state index in [9.17, 15) is 10.1 Å². The molecule has 4 heterocycles. The highest BCUT2D eigenvalue weighted by Crippen LogP contribution is 2.35. The molecule has 3 aromatic rings. The van der Waals surface area contributed by atoms with Crippen molar-refractivity contribution in [3.8, 4) is 17.2 Å². The van der Waals surface area contributed by atoms with Gasteiger partial charge in [-0.3, -0.25) is 9.48 Å². The lowest BCUT2D eigenvalue weighted by atomic mass is 9.92. The summed E-state index contributed by atoms with van der Waals surface area (Å²) >= 11 is 1.43. The summed E-state index contributed by atoms with van der Waals surface area (Å²) in [4.78, 5) is 19.8. The fourth-order valence-electron chi connectivity index (χ4n) is 3.41. The van der Waals surface area contributed by atoms with Crippen LogP contribution in [-0.4, -0.2) is 32.1 Å². The summed E-state index contributed by atoms with van der Waals surface area (Å²) in [5, 5.41) is 15.9. The highest BCUT2D eigenvalue weighted by molar-refractivity contribution is 7.12. The molecule has 7 nitrogen and oxygen atoms in total. The summed E-state index contributed by atoms with van der Waals surface area (Å²) in [5.41, 5.74) is 9.70. The third kappa shape index (κ3) is 2.96. The van der Waals surface area contributed by atoms with E-state index in [0.29, 0.717) is 30.0 Å². The second-order valence-corrected chi connectivity index (χ2v) is 7.27. The van der Waals surface area contributed by atoms with Crippen molar-refractivity contribution in [2.75, 3.05) is 12.3 Å². The van der Waals surface area contributed by atoms with Crippen molar-refractivity contribution in [2.45, 2.75) is 26.4 Å². The van der Waals surface area contributed by atoms with Crippen LogP contribution in [0.1, 0.15) is 33.4 Å². The zero-order chi connectivity index (χ0) is 19.0. The van der Waals surface area contributed by atoms with Gasteiger partial charge in [-0.25, -0.2) is 4.98 Å². The van der Waals surface area contributed by atoms with Crippen molar-refractivity contribution in [1.29, 1.82) is 5.26 Å². The molecule has 1 aliphatic rings. The number of rotatable bonds is 3. The number of amides is 1. The number of nitrogens with two attached hydrogens (primary N) is 1. The number of nitrogens with zero attached hydrogens (tertiary/aromatic N) is 5. The van der Waals surface area contributed by atoms with Crippen LogP contribution in [0.5, 0.6) is 0 Å². The van der Waals surface area contributed by atoms with Gasteiger partial charge in [0, 0.05) is 48.9 Å². The molecule has 4 rings (SSSR count). The zero-order valence-corrected chi connectivity index (χ0v) is 15.7. The molecule has 1 aliphatic heterocycles. The van der Waals surface area contributed by atoms with Crippen LogP contribution < -0.4 is 5.73 Å². The molecule has 8 heteroatoms. The Morgan fingerprint density at radius 1 is 1.48 bits per heavy atom. The van der Waals surface area contributed by atoms with E-state index in [-0.39, 0.29) is 11.7 Å². The van der Waals surface area contributed by atoms with Crippen molar-refractivity contribution in [2.24, 2.45) is 0 Å². The van der Waals surface area contributed by atoms with Crippen molar-refractivity contribution in [3.05, 3.63) is 51.6 Å². The molecule has 27 heavy (non-hydrogen) atoms. The van der Waals surface area contributed by atoms with Gasteiger partial charge in [-0.05, 0) is 18.4 Å². The molecule has 3 aromatic heterocycles. The molecule has 0 saturated carbocycles. The number of aryl methyl sites for hydroxylation is 1. The maximum atomic E-state index is 12.8. The first-order valence-electron chi connectivity index (χ1n) is 8.69. The minimum Gasteiger partial charge on any atom is -0.383 e. The Balaban J connectivity index is 1.81. The third-order valence-corrected chi connectivity index (χ3v) is 5.61. The lowest BCUT2D eigenvalue weighted by molar-refractivity contribution is 0.0739. The van der Waals surface area contributed by atoms with E-state index in [2.05, 4.69) is 16.2 Å². The molecule has 0 bridgehead atoms. The lowest BCUT2D eigenvalue weighted by Crippen LogP contribution is -2.36. The molecule has 0 saturated heterocycles. The number of anilines is 1. The van der Waals surface area contributed by atoms with Crippen LogP contribution in [-0.2, 0) is 19.5 Å². The van der Waals surface area contributed by atoms with Crippen molar-refractivity contribution in [3.63, 3.8) is 0 Å². The number of carbonyl (C=O) groups excluding carboxylic acids is 1. The van der Waals surface area contributed by atoms with Gasteiger partial charge < -0.3 is 10.6 Å². The second kappa shape index (κ2) is 6.85. The Kier molecular flexibility index (Phi) is 4.38. The summed E-state index contributed by atoms with van der Waals surface area (Å²) in [6.07, 6.45) is 4.24. The Bertz CT molecular complexity index is 1050. The summed E-state index contributed by atoms with van der Waals surface area (Å²) in [5.74, 6) is 0.231. The third-order valence-electron chi connectivity index (χ3n) is 4.76. The molecule has 0 aliphatic carbocycles. The van der Waals surface area contributed by atoms with E-state index in [1.54, 1.807) is 15.8 Å². The molecule has 0 atom stereocenters. The molecule has 0 fully saturated rings. The Labute approximate surface area is 160 Å². The predicted octanol–water partition coefficient (Wildman–Crippen LogP) is 2.68. The number of carbonyl (C=O) groups is 1. The van der Waals surface area contributed by atoms with E-state index in [1.165, 1.54) is 11.3 Å². The van der Waals surface area contributed by atoms with Gasteiger partial charge in [0.25, 0.3) is 5.91 Å². The van der Waals surface area contributed by atoms with Crippen molar-refractivity contribution >= 4 is 23.1 Å². The summed E-state index contributed by atoms with van der Waals surface area (Å²) in [6, 6.07) is 5.89. The molecular weight excluding hydrogens is 360 g/mol. The predicted molar refractivity (Wildman–Crippen MR) is 103 cm³/mol. The van der Waals surface area contributed by atoms with E-state index >= 15 is 0 Å². The maximum Gasteiger partial charge on any atom is 0.264 e. The van der Waals surface area contributed by atoms with Crippen LogP contribution in [0, 0.1) is 11.3 Å². The molecule has 136 valence electrons. The monoisotopic (exact) mass is 378 g/mol. The average molecular weight is 378 g/mol. The average Bonchev–Trinajstić information content (AvgIpc) is 3.37. The molecule has 0 unspecified atom stereocenters. The van der Waals surface area contributed by atoms with Crippen molar-refractivity contribution in [1.82, 2.24) is 19.7 Å². The molecule has 0 spiro atoms. The number of nitrogen functional groups attached to an aromatic ring is 1. The molecule has 0 aromatic carbocycles. The van der Waals surface area contributed by atoms with Gasteiger partial charge >= 0.3 is 0 Å². The van der Waals surface area contributed by atoms with E-state index in [0.717, 1.165) is 28.9 Å². The van der Waals surface area contributed by atoms with Gasteiger partial charge in [0.1, 0.15) is 17.5 Å². The highest BCUT2D eigenvalue weighted by Gasteiger charge is 2.28. The van der Waals surface area contributed by atoms with Gasteiger partial charge in [0.05, 0.1) is 16.8 Å². The number of hydrogen-bond acceptors (Lipinski definition) is 6. The van der Waals surface area contributed by atoms with E-state index in [4.69, 9.17) is 5.73 Å². The fourth-order valence-corrected chi connectivity index (χ4v) is 4.10. The molecule has 2 N–H and O–H groups in total. The van der Waals surface area contributed by atoms with E-state index in [1.807, 2.05) is 30.6 Å². The number of fused-ring (bicyclic) bond motifs is 1. The fraction of sp³-hybridized carbons (Fsp3) is 0.263. The van der Waals surface area contributed by atoms with Crippen LogP contribution in [0.4, 0.5) is 5.82 Å². The normalized spacial score (nSPS) is 13.3. The maximum absolute atomic E-state index is 12.8. The van der Waals surface area contributed by atoms with Gasteiger partial charge in [-0.2, -0.15) is 10.4 Å². The van der Waals surface area contributed by atoms with Gasteiger partial charge in [-0.15, -0.1) is 11.3 Å². The summed E-state index contributed by atoms with van der Waals surface area (Å²) in [6.45, 7) is 3.71. The zero-order valence-electron chi connectivity index (χ0n) is 14.8. The Hall–Kier alpha value is -3.18. The first kappa shape index (κ1) is 17.2. The van der Waals surface area contributed by atoms with Gasteiger partial charge in [0.2, 0.25) is 0 Å². The van der Waals surface area contributed by atoms with E-state index < -0.39 is 0 Å². The number of hydrogen-bond donors (Lipinski definition) is 1. The Morgan fingerprint density at radius 2 is 2.33 bits per heavy atom. The highest BCUT2D eigenvalue weighted by atomic mass is 32.1. The summed E-state index contributed by atoms with van der Waals surface area (Å²) < 4.78 is 1.80. The molecule has 1 amide bonds. The van der Waals surface area contributed by atoms with Crippen LogP contribution >= 0.6 is 11.3 Å². The van der Waals surface area contributed by atoms with Crippen LogP contribution in [0.25, 0.3) is 11.1 Å². The molecule has 0 radical (unpaired) electrons. The quantitative estimate of drug-likeness (QED) is 0.755. The number of pyridine rings is 1. The lowest BCUT2D eigenvalue weighted by Gasteiger charge is -2.30. The smallest absolute Gasteiger partial charge is 0.264 e. The number of nitriles is 1. The summed E-state index contributed by atoms with van der Waals surface area (Å²) in [7, 11) is 0. The second-order valence-electron chi connectivity index (χ2n) is 6.32. The topological polar surface area (TPSA) is 101 Å².